The Morgan fingerprint density at radius 3 is 2.84 bits per heavy atom. The van der Waals surface area contributed by atoms with Crippen LogP contribution in [0.2, 0.25) is 0 Å². The molecule has 0 N–H and O–H groups in total. The fourth-order valence-corrected chi connectivity index (χ4v) is 4.80. The maximum Gasteiger partial charge on any atom is 0.262 e. The third kappa shape index (κ3) is 3.12. The Morgan fingerprint density at radius 1 is 1.32 bits per heavy atom. The topological polar surface area (TPSA) is 99.4 Å². The van der Waals surface area contributed by atoms with E-state index in [2.05, 4.69) is 15.0 Å². The quantitative estimate of drug-likeness (QED) is 0.764. The van der Waals surface area contributed by atoms with Crippen LogP contribution in [0.4, 0.5) is 0 Å². The van der Waals surface area contributed by atoms with Crippen molar-refractivity contribution in [3.8, 4) is 5.88 Å². The van der Waals surface area contributed by atoms with E-state index in [9.17, 15) is 8.42 Å². The smallest absolute Gasteiger partial charge is 0.262 e. The first-order valence-electron chi connectivity index (χ1n) is 8.02. The van der Waals surface area contributed by atoms with Crippen molar-refractivity contribution in [3.63, 3.8) is 0 Å². The van der Waals surface area contributed by atoms with Crippen LogP contribution in [0.15, 0.2) is 36.1 Å². The van der Waals surface area contributed by atoms with Gasteiger partial charge in [0.1, 0.15) is 6.10 Å². The average Bonchev–Trinajstić information content (AvgIpc) is 3.01. The third-order valence-electron chi connectivity index (χ3n) is 4.49. The minimum absolute atomic E-state index is 0.0630. The summed E-state index contributed by atoms with van der Waals surface area (Å²) in [5, 5.41) is 0.0630. The van der Waals surface area contributed by atoms with Gasteiger partial charge in [-0.05, 0) is 0 Å². The Bertz CT molecular complexity index is 848. The molecule has 0 aliphatic carbocycles. The number of nitrogens with zero attached hydrogens (tertiary/aromatic N) is 5. The average molecular weight is 365 g/mol. The van der Waals surface area contributed by atoms with Gasteiger partial charge in [-0.15, -0.1) is 0 Å². The van der Waals surface area contributed by atoms with Crippen molar-refractivity contribution in [2.45, 2.75) is 29.6 Å². The number of rotatable bonds is 4. The number of aromatic nitrogens is 4. The first kappa shape index (κ1) is 16.4. The van der Waals surface area contributed by atoms with Crippen LogP contribution in [0.25, 0.3) is 0 Å². The van der Waals surface area contributed by atoms with Crippen molar-refractivity contribution in [3.05, 3.63) is 31.1 Å². The number of sulfonamides is 1. The Balaban J connectivity index is 1.41. The summed E-state index contributed by atoms with van der Waals surface area (Å²) in [6.07, 6.45) is 9.01. The molecule has 1 spiro atoms. The lowest BCUT2D eigenvalue weighted by atomic mass is 9.86. The summed E-state index contributed by atoms with van der Waals surface area (Å²) >= 11 is 0. The van der Waals surface area contributed by atoms with E-state index in [4.69, 9.17) is 9.47 Å². The molecule has 0 radical (unpaired) electrons. The number of aryl methyl sites for hydroxylation is 1. The van der Waals surface area contributed by atoms with E-state index in [1.807, 2.05) is 0 Å². The molecule has 0 amide bonds. The number of imidazole rings is 1. The Labute approximate surface area is 145 Å². The zero-order valence-electron chi connectivity index (χ0n) is 13.8. The molecule has 10 heteroatoms. The zero-order chi connectivity index (χ0) is 17.5. The van der Waals surface area contributed by atoms with Gasteiger partial charge in [-0.25, -0.2) is 18.4 Å². The van der Waals surface area contributed by atoms with Crippen LogP contribution in [-0.2, 0) is 21.8 Å². The SMILES string of the molecule is Cn1cnc(S(=O)(=O)N2CC3(CC(Oc4cnccn4)CCO3)C2)c1. The largest absolute Gasteiger partial charge is 0.473 e. The first-order valence-corrected chi connectivity index (χ1v) is 9.46. The summed E-state index contributed by atoms with van der Waals surface area (Å²) in [5.74, 6) is 0.474. The van der Waals surface area contributed by atoms with Crippen molar-refractivity contribution in [1.29, 1.82) is 0 Å². The highest BCUT2D eigenvalue weighted by Crippen LogP contribution is 2.38. The van der Waals surface area contributed by atoms with E-state index in [0.717, 1.165) is 6.42 Å². The van der Waals surface area contributed by atoms with Crippen molar-refractivity contribution < 1.29 is 17.9 Å². The molecule has 2 aliphatic rings. The summed E-state index contributed by atoms with van der Waals surface area (Å²) in [7, 11) is -1.84. The fourth-order valence-electron chi connectivity index (χ4n) is 3.24. The van der Waals surface area contributed by atoms with Crippen LogP contribution in [0.3, 0.4) is 0 Å². The fraction of sp³-hybridized carbons (Fsp3) is 0.533. The third-order valence-corrected chi connectivity index (χ3v) is 6.17. The van der Waals surface area contributed by atoms with Gasteiger partial charge >= 0.3 is 0 Å². The summed E-state index contributed by atoms with van der Waals surface area (Å²) in [6, 6.07) is 0. The molecule has 4 heterocycles. The number of hydrogen-bond acceptors (Lipinski definition) is 7. The highest BCUT2D eigenvalue weighted by molar-refractivity contribution is 7.89. The molecule has 25 heavy (non-hydrogen) atoms. The highest BCUT2D eigenvalue weighted by Gasteiger charge is 2.52. The van der Waals surface area contributed by atoms with Gasteiger partial charge in [0, 0.05) is 51.6 Å². The lowest BCUT2D eigenvalue weighted by Gasteiger charge is -2.51. The van der Waals surface area contributed by atoms with E-state index in [-0.39, 0.29) is 11.1 Å². The van der Waals surface area contributed by atoms with Crippen molar-refractivity contribution >= 4 is 10.0 Å². The summed E-state index contributed by atoms with van der Waals surface area (Å²) in [4.78, 5) is 12.1. The maximum atomic E-state index is 12.6. The van der Waals surface area contributed by atoms with Gasteiger partial charge in [-0.1, -0.05) is 0 Å². The molecule has 0 saturated carbocycles. The van der Waals surface area contributed by atoms with Crippen molar-refractivity contribution in [1.82, 2.24) is 23.8 Å². The predicted octanol–water partition coefficient (Wildman–Crippen LogP) is 0.211. The lowest BCUT2D eigenvalue weighted by Crippen LogP contribution is -2.67. The van der Waals surface area contributed by atoms with E-state index >= 15 is 0 Å². The summed E-state index contributed by atoms with van der Waals surface area (Å²) < 4.78 is 39.9. The normalized spacial score (nSPS) is 23.3. The molecular weight excluding hydrogens is 346 g/mol. The molecule has 1 atom stereocenters. The minimum Gasteiger partial charge on any atom is -0.473 e. The summed E-state index contributed by atoms with van der Waals surface area (Å²) in [6.45, 7) is 1.15. The van der Waals surface area contributed by atoms with Crippen LogP contribution in [0.1, 0.15) is 12.8 Å². The molecule has 4 rings (SSSR count). The Kier molecular flexibility index (Phi) is 3.97. The van der Waals surface area contributed by atoms with Crippen LogP contribution < -0.4 is 4.74 Å². The van der Waals surface area contributed by atoms with Gasteiger partial charge in [0.2, 0.25) is 5.88 Å². The predicted molar refractivity (Wildman–Crippen MR) is 86.3 cm³/mol. The second-order valence-corrected chi connectivity index (χ2v) is 8.34. The van der Waals surface area contributed by atoms with Crippen LogP contribution >= 0.6 is 0 Å². The Morgan fingerprint density at radius 2 is 2.16 bits per heavy atom. The molecule has 0 aromatic carbocycles. The van der Waals surface area contributed by atoms with Crippen LogP contribution in [-0.4, -0.2) is 63.6 Å². The van der Waals surface area contributed by atoms with E-state index < -0.39 is 15.6 Å². The maximum absolute atomic E-state index is 12.6. The molecule has 1 unspecified atom stereocenters. The number of ether oxygens (including phenoxy) is 2. The van der Waals surface area contributed by atoms with Crippen molar-refractivity contribution in [2.24, 2.45) is 7.05 Å². The van der Waals surface area contributed by atoms with E-state index in [1.165, 1.54) is 16.8 Å². The minimum atomic E-state index is -3.57. The van der Waals surface area contributed by atoms with E-state index in [0.29, 0.717) is 32.0 Å². The molecule has 2 saturated heterocycles. The first-order chi connectivity index (χ1) is 12.0. The molecule has 9 nitrogen and oxygen atoms in total. The monoisotopic (exact) mass is 365 g/mol. The molecule has 134 valence electrons. The van der Waals surface area contributed by atoms with E-state index in [1.54, 1.807) is 30.2 Å². The van der Waals surface area contributed by atoms with Gasteiger partial charge in [-0.3, -0.25) is 4.98 Å². The van der Waals surface area contributed by atoms with Gasteiger partial charge < -0.3 is 14.0 Å². The second kappa shape index (κ2) is 6.04. The highest BCUT2D eigenvalue weighted by atomic mass is 32.2. The molecular formula is C15H19N5O4S. The standard InChI is InChI=1S/C15H19N5O4S/c1-19-8-14(18-11-19)25(21,22)20-9-15(10-20)6-12(2-5-23-15)24-13-7-16-3-4-17-13/h3-4,7-8,11-12H,2,5-6,9-10H2,1H3. The number of hydrogen-bond donors (Lipinski definition) is 0. The molecule has 2 aliphatic heterocycles. The summed E-state index contributed by atoms with van der Waals surface area (Å²) in [5.41, 5.74) is -0.493. The Hall–Kier alpha value is -2.04. The molecule has 0 bridgehead atoms. The van der Waals surface area contributed by atoms with Crippen molar-refractivity contribution in [2.75, 3.05) is 19.7 Å². The second-order valence-electron chi connectivity index (χ2n) is 6.46. The van der Waals surface area contributed by atoms with Crippen LogP contribution in [0, 0.1) is 0 Å². The van der Waals surface area contributed by atoms with Crippen LogP contribution in [0.5, 0.6) is 5.88 Å². The zero-order valence-corrected chi connectivity index (χ0v) is 14.6. The molecule has 2 fully saturated rings. The lowest BCUT2D eigenvalue weighted by molar-refractivity contribution is -0.165. The van der Waals surface area contributed by atoms with Gasteiger partial charge in [0.25, 0.3) is 10.0 Å². The molecule has 2 aromatic rings. The van der Waals surface area contributed by atoms with Gasteiger partial charge in [0.15, 0.2) is 5.03 Å². The van der Waals surface area contributed by atoms with Gasteiger partial charge in [-0.2, -0.15) is 4.31 Å². The molecule has 2 aromatic heterocycles. The van der Waals surface area contributed by atoms with Gasteiger partial charge in [0.05, 0.1) is 24.7 Å².